The van der Waals surface area contributed by atoms with Gasteiger partial charge < -0.3 is 10.2 Å². The summed E-state index contributed by atoms with van der Waals surface area (Å²) in [6.07, 6.45) is 10.1. The van der Waals surface area contributed by atoms with Crippen LogP contribution in [0.5, 0.6) is 0 Å². The monoisotopic (exact) mass is 304 g/mol. The van der Waals surface area contributed by atoms with Gasteiger partial charge in [-0.15, -0.1) is 0 Å². The zero-order valence-electron chi connectivity index (χ0n) is 13.8. The van der Waals surface area contributed by atoms with E-state index in [4.69, 9.17) is 0 Å². The van der Waals surface area contributed by atoms with Crippen LogP contribution in [0, 0.1) is 5.82 Å². The molecule has 1 saturated heterocycles. The molecule has 2 nitrogen and oxygen atoms in total. The first-order valence-electron chi connectivity index (χ1n) is 9.04. The van der Waals surface area contributed by atoms with Crippen LogP contribution in [0.4, 0.5) is 10.1 Å². The number of rotatable bonds is 4. The molecule has 1 heterocycles. The number of nitrogens with one attached hydrogen (secondary N) is 1. The van der Waals surface area contributed by atoms with Gasteiger partial charge in [0.05, 0.1) is 5.69 Å². The number of benzene rings is 1. The highest BCUT2D eigenvalue weighted by molar-refractivity contribution is 5.49. The first kappa shape index (κ1) is 15.8. The van der Waals surface area contributed by atoms with E-state index in [-0.39, 0.29) is 11.9 Å². The van der Waals surface area contributed by atoms with E-state index in [1.165, 1.54) is 51.4 Å². The smallest absolute Gasteiger partial charge is 0.146 e. The lowest BCUT2D eigenvalue weighted by atomic mass is 10.1. The van der Waals surface area contributed by atoms with Crippen molar-refractivity contribution in [3.63, 3.8) is 0 Å². The summed E-state index contributed by atoms with van der Waals surface area (Å²) in [5.41, 5.74) is 1.86. The quantitative estimate of drug-likeness (QED) is 0.859. The number of anilines is 1. The van der Waals surface area contributed by atoms with Crippen LogP contribution >= 0.6 is 0 Å². The molecule has 0 aromatic heterocycles. The Morgan fingerprint density at radius 3 is 2.36 bits per heavy atom. The molecule has 1 aliphatic heterocycles. The van der Waals surface area contributed by atoms with Crippen molar-refractivity contribution >= 4 is 5.69 Å². The zero-order valence-corrected chi connectivity index (χ0v) is 13.8. The summed E-state index contributed by atoms with van der Waals surface area (Å²) < 4.78 is 14.6. The summed E-state index contributed by atoms with van der Waals surface area (Å²) in [4.78, 5) is 2.22. The third-order valence-corrected chi connectivity index (χ3v) is 5.26. The van der Waals surface area contributed by atoms with E-state index in [1.54, 1.807) is 6.07 Å². The normalized spacial score (nSPS) is 21.8. The third-order valence-electron chi connectivity index (χ3n) is 5.26. The van der Waals surface area contributed by atoms with Gasteiger partial charge in [-0.25, -0.2) is 4.39 Å². The van der Waals surface area contributed by atoms with Crippen LogP contribution in [0.1, 0.15) is 69.9 Å². The van der Waals surface area contributed by atoms with Crippen LogP contribution in [0.25, 0.3) is 0 Å². The summed E-state index contributed by atoms with van der Waals surface area (Å²) in [5.74, 6) is -0.0560. The number of nitrogens with zero attached hydrogens (tertiary/aromatic N) is 1. The summed E-state index contributed by atoms with van der Waals surface area (Å²) in [6.45, 7) is 4.14. The molecule has 3 rings (SSSR count). The molecule has 0 unspecified atom stereocenters. The molecule has 0 spiro atoms. The lowest BCUT2D eigenvalue weighted by molar-refractivity contribution is 0.459. The van der Waals surface area contributed by atoms with Crippen molar-refractivity contribution < 1.29 is 4.39 Å². The van der Waals surface area contributed by atoms with Gasteiger partial charge in [0.15, 0.2) is 0 Å². The third kappa shape index (κ3) is 3.81. The second-order valence-corrected chi connectivity index (χ2v) is 6.98. The molecule has 1 N–H and O–H groups in total. The molecule has 2 aliphatic rings. The van der Waals surface area contributed by atoms with Gasteiger partial charge in [0.25, 0.3) is 0 Å². The van der Waals surface area contributed by atoms with E-state index >= 15 is 0 Å². The predicted molar refractivity (Wildman–Crippen MR) is 90.9 cm³/mol. The van der Waals surface area contributed by atoms with Gasteiger partial charge in [0.2, 0.25) is 0 Å². The summed E-state index contributed by atoms with van der Waals surface area (Å²) in [7, 11) is 0. The van der Waals surface area contributed by atoms with Gasteiger partial charge in [-0.05, 0) is 50.3 Å². The van der Waals surface area contributed by atoms with E-state index in [2.05, 4.69) is 23.2 Å². The second kappa shape index (κ2) is 7.45. The molecule has 22 heavy (non-hydrogen) atoms. The molecule has 1 aromatic rings. The van der Waals surface area contributed by atoms with Gasteiger partial charge in [0, 0.05) is 25.2 Å². The van der Waals surface area contributed by atoms with Crippen LogP contribution in [0.3, 0.4) is 0 Å². The molecular formula is C19H29FN2. The number of hydrogen-bond donors (Lipinski definition) is 1. The fourth-order valence-corrected chi connectivity index (χ4v) is 3.90. The van der Waals surface area contributed by atoms with Crippen LogP contribution in [-0.4, -0.2) is 19.1 Å². The SMILES string of the molecule is C[C@H](NC1CCCC1)c1ccc(N2CCCCCC2)c(F)c1. The fraction of sp³-hybridized carbons (Fsp3) is 0.684. The molecular weight excluding hydrogens is 275 g/mol. The minimum Gasteiger partial charge on any atom is -0.369 e. The van der Waals surface area contributed by atoms with Gasteiger partial charge in [-0.3, -0.25) is 0 Å². The Bertz CT molecular complexity index is 474. The second-order valence-electron chi connectivity index (χ2n) is 6.98. The maximum Gasteiger partial charge on any atom is 0.146 e. The van der Waals surface area contributed by atoms with Crippen molar-refractivity contribution in [2.75, 3.05) is 18.0 Å². The molecule has 0 amide bonds. The first-order valence-corrected chi connectivity index (χ1v) is 9.04. The van der Waals surface area contributed by atoms with Gasteiger partial charge >= 0.3 is 0 Å². The van der Waals surface area contributed by atoms with Gasteiger partial charge in [0.1, 0.15) is 5.82 Å². The topological polar surface area (TPSA) is 15.3 Å². The van der Waals surface area contributed by atoms with E-state index in [1.807, 2.05) is 6.07 Å². The van der Waals surface area contributed by atoms with Crippen LogP contribution < -0.4 is 10.2 Å². The molecule has 1 aliphatic carbocycles. The zero-order chi connectivity index (χ0) is 15.4. The van der Waals surface area contributed by atoms with Crippen molar-refractivity contribution in [1.29, 1.82) is 0 Å². The molecule has 3 heteroatoms. The van der Waals surface area contributed by atoms with E-state index in [9.17, 15) is 4.39 Å². The van der Waals surface area contributed by atoms with E-state index < -0.39 is 0 Å². The largest absolute Gasteiger partial charge is 0.369 e. The molecule has 0 bridgehead atoms. The maximum atomic E-state index is 14.6. The molecule has 1 aromatic carbocycles. The lowest BCUT2D eigenvalue weighted by Gasteiger charge is -2.25. The van der Waals surface area contributed by atoms with Gasteiger partial charge in [-0.1, -0.05) is 31.7 Å². The molecule has 2 fully saturated rings. The Labute approximate surface area is 134 Å². The van der Waals surface area contributed by atoms with Crippen molar-refractivity contribution in [2.24, 2.45) is 0 Å². The highest BCUT2D eigenvalue weighted by Gasteiger charge is 2.19. The Balaban J connectivity index is 1.67. The average Bonchev–Trinajstić information content (AvgIpc) is 2.87. The molecule has 122 valence electrons. The predicted octanol–water partition coefficient (Wildman–Crippen LogP) is 4.80. The summed E-state index contributed by atoms with van der Waals surface area (Å²) in [5, 5.41) is 3.65. The Morgan fingerprint density at radius 2 is 1.73 bits per heavy atom. The highest BCUT2D eigenvalue weighted by atomic mass is 19.1. The van der Waals surface area contributed by atoms with Gasteiger partial charge in [-0.2, -0.15) is 0 Å². The highest BCUT2D eigenvalue weighted by Crippen LogP contribution is 2.27. The number of hydrogen-bond acceptors (Lipinski definition) is 2. The standard InChI is InChI=1S/C19H29FN2/c1-15(21-17-8-4-5-9-17)16-10-11-19(18(20)14-16)22-12-6-2-3-7-13-22/h10-11,14-15,17,21H,2-9,12-13H2,1H3/t15-/m0/s1. The van der Waals surface area contributed by atoms with E-state index in [0.717, 1.165) is 24.3 Å². The van der Waals surface area contributed by atoms with Crippen molar-refractivity contribution in [1.82, 2.24) is 5.32 Å². The van der Waals surface area contributed by atoms with Crippen molar-refractivity contribution in [3.05, 3.63) is 29.6 Å². The Morgan fingerprint density at radius 1 is 1.05 bits per heavy atom. The minimum absolute atomic E-state index is 0.0560. The molecule has 1 atom stereocenters. The maximum absolute atomic E-state index is 14.6. The number of halogens is 1. The lowest BCUT2D eigenvalue weighted by Crippen LogP contribution is -2.29. The molecule has 1 saturated carbocycles. The van der Waals surface area contributed by atoms with E-state index in [0.29, 0.717) is 6.04 Å². The minimum atomic E-state index is -0.0560. The van der Waals surface area contributed by atoms with Crippen LogP contribution in [0.15, 0.2) is 18.2 Å². The fourth-order valence-electron chi connectivity index (χ4n) is 3.90. The Kier molecular flexibility index (Phi) is 5.35. The average molecular weight is 304 g/mol. The van der Waals surface area contributed by atoms with Crippen LogP contribution in [0.2, 0.25) is 0 Å². The molecule has 0 radical (unpaired) electrons. The Hall–Kier alpha value is -1.09. The van der Waals surface area contributed by atoms with Crippen LogP contribution in [-0.2, 0) is 0 Å². The summed E-state index contributed by atoms with van der Waals surface area (Å²) in [6, 6.07) is 6.69. The van der Waals surface area contributed by atoms with Crippen molar-refractivity contribution in [3.8, 4) is 0 Å². The summed E-state index contributed by atoms with van der Waals surface area (Å²) >= 11 is 0. The van der Waals surface area contributed by atoms with Crippen molar-refractivity contribution in [2.45, 2.75) is 70.4 Å². The first-order chi connectivity index (χ1) is 10.7.